The number of hydrogen-bond donors (Lipinski definition) is 0. The highest BCUT2D eigenvalue weighted by atomic mass is 16.7. The van der Waals surface area contributed by atoms with Crippen molar-refractivity contribution in [3.05, 3.63) is 48.6 Å². The minimum absolute atomic E-state index is 0.145. The van der Waals surface area contributed by atoms with Crippen LogP contribution < -0.4 is 5.11 Å². The van der Waals surface area contributed by atoms with Crippen LogP contribution in [0.5, 0.6) is 0 Å². The number of allylic oxidation sites excluding steroid dienone is 8. The monoisotopic (exact) mass is 944 g/mol. The number of unbranched alkanes of at least 4 members (excludes halogenated alkanes) is 28. The van der Waals surface area contributed by atoms with E-state index in [2.05, 4.69) is 62.5 Å². The Balaban J connectivity index is 4.31. The zero-order valence-electron chi connectivity index (χ0n) is 44.3. The number of carboxylic acids is 1. The van der Waals surface area contributed by atoms with E-state index in [0.717, 1.165) is 57.8 Å². The number of nitrogens with zero attached hydrogens (tertiary/aromatic N) is 1. The van der Waals surface area contributed by atoms with Gasteiger partial charge in [-0.25, -0.2) is 0 Å². The van der Waals surface area contributed by atoms with Gasteiger partial charge in [0.05, 0.1) is 40.3 Å². The van der Waals surface area contributed by atoms with Gasteiger partial charge >= 0.3 is 11.9 Å². The van der Waals surface area contributed by atoms with Crippen LogP contribution in [0.1, 0.15) is 245 Å². The molecule has 0 aromatic rings. The molecular weight excluding hydrogens is 839 g/mol. The molecule has 0 spiro atoms. The van der Waals surface area contributed by atoms with E-state index in [1.165, 1.54) is 154 Å². The lowest BCUT2D eigenvalue weighted by molar-refractivity contribution is -0.870. The summed E-state index contributed by atoms with van der Waals surface area (Å²) >= 11 is 0. The van der Waals surface area contributed by atoms with Crippen LogP contribution in [-0.2, 0) is 33.3 Å². The quantitative estimate of drug-likeness (QED) is 0.0195. The van der Waals surface area contributed by atoms with Crippen LogP contribution in [0.4, 0.5) is 0 Å². The first kappa shape index (κ1) is 64.2. The van der Waals surface area contributed by atoms with Crippen molar-refractivity contribution >= 4 is 17.9 Å². The third kappa shape index (κ3) is 50.9. The molecule has 0 N–H and O–H groups in total. The van der Waals surface area contributed by atoms with E-state index >= 15 is 0 Å². The van der Waals surface area contributed by atoms with E-state index in [9.17, 15) is 19.5 Å². The van der Waals surface area contributed by atoms with Crippen molar-refractivity contribution < 1.29 is 42.9 Å². The molecule has 0 heterocycles. The van der Waals surface area contributed by atoms with Crippen LogP contribution in [0.15, 0.2) is 48.6 Å². The Morgan fingerprint density at radius 1 is 0.448 bits per heavy atom. The zero-order valence-corrected chi connectivity index (χ0v) is 44.3. The predicted octanol–water partition coefficient (Wildman–Crippen LogP) is 14.6. The SMILES string of the molecule is CCCCCCC/C=C\C/C=C\C/C=C\CCCCCCCCCCC(=O)OC(COC(=O)CCCCCCCCCCC/C=C\CCCCCCCC)COC(OCC[N+](C)(C)C)C(=O)[O-]. The Kier molecular flexibility index (Phi) is 47.6. The molecule has 67 heavy (non-hydrogen) atoms. The van der Waals surface area contributed by atoms with Crippen LogP contribution >= 0.6 is 0 Å². The summed E-state index contributed by atoms with van der Waals surface area (Å²) in [5, 5.41) is 11.8. The lowest BCUT2D eigenvalue weighted by atomic mass is 10.1. The predicted molar refractivity (Wildman–Crippen MR) is 279 cm³/mol. The minimum Gasteiger partial charge on any atom is -0.545 e. The Morgan fingerprint density at radius 2 is 0.806 bits per heavy atom. The molecule has 0 saturated carbocycles. The molecule has 0 aliphatic rings. The number of quaternary nitrogens is 1. The van der Waals surface area contributed by atoms with Gasteiger partial charge in [0.15, 0.2) is 12.4 Å². The normalized spacial score (nSPS) is 13.1. The molecule has 0 bridgehead atoms. The van der Waals surface area contributed by atoms with Crippen LogP contribution in [0.2, 0.25) is 0 Å². The van der Waals surface area contributed by atoms with E-state index < -0.39 is 24.3 Å². The molecule has 0 radical (unpaired) electrons. The largest absolute Gasteiger partial charge is 0.545 e. The number of rotatable bonds is 51. The van der Waals surface area contributed by atoms with Crippen molar-refractivity contribution in [1.29, 1.82) is 0 Å². The molecule has 9 nitrogen and oxygen atoms in total. The number of carbonyl (C=O) groups excluding carboxylic acids is 3. The van der Waals surface area contributed by atoms with Gasteiger partial charge in [0.1, 0.15) is 13.2 Å². The molecule has 0 aromatic carbocycles. The molecule has 0 aliphatic carbocycles. The fourth-order valence-corrected chi connectivity index (χ4v) is 7.71. The van der Waals surface area contributed by atoms with Gasteiger partial charge in [-0.05, 0) is 77.0 Å². The summed E-state index contributed by atoms with van der Waals surface area (Å²) in [6.45, 7) is 4.74. The first-order chi connectivity index (χ1) is 32.6. The highest BCUT2D eigenvalue weighted by Gasteiger charge is 2.22. The van der Waals surface area contributed by atoms with Crippen molar-refractivity contribution in [3.63, 3.8) is 0 Å². The smallest absolute Gasteiger partial charge is 0.306 e. The van der Waals surface area contributed by atoms with Gasteiger partial charge in [-0.2, -0.15) is 0 Å². The standard InChI is InChI=1S/C58H105NO8/c1-6-8-10-12-14-16-18-20-22-24-26-27-28-29-31-33-35-37-39-41-43-45-47-49-56(61)67-54(53-66-58(57(62)63)64-51-50-59(3,4)5)52-65-55(60)48-46-44-42-40-38-36-34-32-30-25-23-21-19-17-15-13-11-9-7-2/h18,20-21,23-24,26,28-29,54,58H,6-17,19,22,25,27,30-53H2,1-5H3/b20-18-,23-21-,26-24-,29-28-. The Morgan fingerprint density at radius 3 is 1.21 bits per heavy atom. The van der Waals surface area contributed by atoms with Crippen LogP contribution in [0.3, 0.4) is 0 Å². The second-order valence-corrected chi connectivity index (χ2v) is 19.9. The summed E-state index contributed by atoms with van der Waals surface area (Å²) in [5.41, 5.74) is 0. The summed E-state index contributed by atoms with van der Waals surface area (Å²) < 4.78 is 22.7. The maximum absolute atomic E-state index is 12.8. The summed E-state index contributed by atoms with van der Waals surface area (Å²) in [5.74, 6) is -2.29. The maximum atomic E-state index is 12.8. The average Bonchev–Trinajstić information content (AvgIpc) is 3.29. The van der Waals surface area contributed by atoms with Crippen molar-refractivity contribution in [1.82, 2.24) is 0 Å². The summed E-state index contributed by atoms with van der Waals surface area (Å²) in [6, 6.07) is 0. The van der Waals surface area contributed by atoms with Gasteiger partial charge in [0.2, 0.25) is 0 Å². The number of ether oxygens (including phenoxy) is 4. The number of carbonyl (C=O) groups is 3. The third-order valence-corrected chi connectivity index (χ3v) is 12.0. The van der Waals surface area contributed by atoms with Gasteiger partial charge in [-0.15, -0.1) is 0 Å². The van der Waals surface area contributed by atoms with Crippen molar-refractivity contribution in [3.8, 4) is 0 Å². The number of aliphatic carboxylic acids is 1. The fourth-order valence-electron chi connectivity index (χ4n) is 7.71. The fraction of sp³-hybridized carbons (Fsp3) is 0.810. The maximum Gasteiger partial charge on any atom is 0.306 e. The molecule has 0 saturated heterocycles. The first-order valence-electron chi connectivity index (χ1n) is 27.8. The van der Waals surface area contributed by atoms with Crippen LogP contribution in [0, 0.1) is 0 Å². The molecule has 0 fully saturated rings. The van der Waals surface area contributed by atoms with E-state index in [0.29, 0.717) is 17.4 Å². The Hall–Kier alpha value is -2.75. The molecule has 9 heteroatoms. The van der Waals surface area contributed by atoms with Gasteiger partial charge < -0.3 is 33.3 Å². The molecule has 0 aromatic heterocycles. The molecule has 390 valence electrons. The van der Waals surface area contributed by atoms with Gasteiger partial charge in [0.25, 0.3) is 0 Å². The summed E-state index contributed by atoms with van der Waals surface area (Å²) in [6.07, 6.45) is 57.1. The lowest BCUT2D eigenvalue weighted by Gasteiger charge is -2.26. The Bertz CT molecular complexity index is 1240. The summed E-state index contributed by atoms with van der Waals surface area (Å²) in [4.78, 5) is 37.2. The first-order valence-corrected chi connectivity index (χ1v) is 27.8. The van der Waals surface area contributed by atoms with E-state index in [-0.39, 0.29) is 38.6 Å². The molecule has 0 amide bonds. The zero-order chi connectivity index (χ0) is 49.2. The molecule has 2 atom stereocenters. The van der Waals surface area contributed by atoms with E-state index in [1.807, 2.05) is 21.1 Å². The number of hydrogen-bond acceptors (Lipinski definition) is 8. The van der Waals surface area contributed by atoms with Gasteiger partial charge in [-0.1, -0.05) is 204 Å². The topological polar surface area (TPSA) is 111 Å². The van der Waals surface area contributed by atoms with Crippen molar-refractivity contribution in [2.24, 2.45) is 0 Å². The van der Waals surface area contributed by atoms with Crippen LogP contribution in [-0.4, -0.2) is 82.3 Å². The number of carboxylic acid groups (broad SMARTS) is 1. The molecule has 2 unspecified atom stereocenters. The van der Waals surface area contributed by atoms with Gasteiger partial charge in [-0.3, -0.25) is 9.59 Å². The second kappa shape index (κ2) is 49.7. The van der Waals surface area contributed by atoms with Crippen LogP contribution in [0.25, 0.3) is 0 Å². The van der Waals surface area contributed by atoms with E-state index in [1.54, 1.807) is 0 Å². The number of likely N-dealkylation sites (N-methyl/N-ethyl adjacent to an activating group) is 1. The lowest BCUT2D eigenvalue weighted by Crippen LogP contribution is -2.44. The highest BCUT2D eigenvalue weighted by molar-refractivity contribution is 5.70. The van der Waals surface area contributed by atoms with Gasteiger partial charge in [0, 0.05) is 12.8 Å². The van der Waals surface area contributed by atoms with Crippen molar-refractivity contribution in [2.75, 3.05) is 47.5 Å². The molecular formula is C58H105NO8. The highest BCUT2D eigenvalue weighted by Crippen LogP contribution is 2.15. The Labute approximate surface area is 412 Å². The number of esters is 2. The van der Waals surface area contributed by atoms with E-state index in [4.69, 9.17) is 18.9 Å². The summed E-state index contributed by atoms with van der Waals surface area (Å²) in [7, 11) is 5.92. The minimum atomic E-state index is -1.62. The average molecular weight is 944 g/mol. The van der Waals surface area contributed by atoms with Crippen molar-refractivity contribution in [2.45, 2.75) is 257 Å². The molecule has 0 aliphatic heterocycles. The second-order valence-electron chi connectivity index (χ2n) is 19.9. The molecule has 0 rings (SSSR count). The third-order valence-electron chi connectivity index (χ3n) is 12.0.